The molecule has 0 unspecified atom stereocenters. The summed E-state index contributed by atoms with van der Waals surface area (Å²) in [5, 5.41) is 2.82. The van der Waals surface area contributed by atoms with E-state index in [4.69, 9.17) is 14.2 Å². The van der Waals surface area contributed by atoms with Crippen molar-refractivity contribution in [3.8, 4) is 0 Å². The van der Waals surface area contributed by atoms with Crippen molar-refractivity contribution < 1.29 is 28.6 Å². The minimum atomic E-state index is -0.364. The molecule has 0 bridgehead atoms. The second kappa shape index (κ2) is 44.7. The van der Waals surface area contributed by atoms with E-state index in [0.717, 1.165) is 96.7 Å². The third-order valence-electron chi connectivity index (χ3n) is 11.2. The lowest BCUT2D eigenvalue weighted by molar-refractivity contribution is -0.150. The molecule has 58 heavy (non-hydrogen) atoms. The lowest BCUT2D eigenvalue weighted by Crippen LogP contribution is -2.35. The van der Waals surface area contributed by atoms with Gasteiger partial charge in [0.25, 0.3) is 0 Å². The summed E-state index contributed by atoms with van der Waals surface area (Å²) in [5.41, 5.74) is 0. The molecular weight excluding hydrogens is 727 g/mol. The highest BCUT2D eigenvalue weighted by Crippen LogP contribution is 2.18. The number of nitrogens with one attached hydrogen (secondary N) is 1. The fourth-order valence-electron chi connectivity index (χ4n) is 7.43. The molecule has 0 rings (SSSR count). The molecule has 0 atom stereocenters. The number of unbranched alkanes of at least 4 members (excludes halogenated alkanes) is 24. The number of likely N-dealkylation sites (N-methyl/N-ethyl adjacent to an activating group) is 1. The van der Waals surface area contributed by atoms with Crippen LogP contribution in [0.25, 0.3) is 0 Å². The van der Waals surface area contributed by atoms with Crippen molar-refractivity contribution in [1.29, 1.82) is 0 Å². The van der Waals surface area contributed by atoms with Crippen LogP contribution in [0.2, 0.25) is 0 Å². The maximum Gasteiger partial charge on any atom is 0.407 e. The van der Waals surface area contributed by atoms with E-state index in [0.29, 0.717) is 39.1 Å². The molecule has 0 aliphatic carbocycles. The molecule has 0 aromatic heterocycles. The summed E-state index contributed by atoms with van der Waals surface area (Å²) in [6, 6.07) is 0. The fraction of sp³-hybridized carbons (Fsp3) is 0.939. The molecule has 9 heteroatoms. The summed E-state index contributed by atoms with van der Waals surface area (Å²) < 4.78 is 17.0. The number of ether oxygens (including phenoxy) is 3. The van der Waals surface area contributed by atoms with Gasteiger partial charge >= 0.3 is 18.0 Å². The van der Waals surface area contributed by atoms with Gasteiger partial charge in [-0.15, -0.1) is 0 Å². The molecule has 0 radical (unpaired) electrons. The average Bonchev–Trinajstić information content (AvgIpc) is 3.20. The van der Waals surface area contributed by atoms with Crippen LogP contribution in [0.1, 0.15) is 233 Å². The van der Waals surface area contributed by atoms with Crippen LogP contribution in [-0.2, 0) is 23.8 Å². The molecule has 0 fully saturated rings. The Morgan fingerprint density at radius 2 is 0.879 bits per heavy atom. The molecule has 0 aliphatic heterocycles. The highest BCUT2D eigenvalue weighted by molar-refractivity contribution is 5.69. The Labute approximate surface area is 359 Å². The molecule has 1 amide bonds. The van der Waals surface area contributed by atoms with Gasteiger partial charge in [0.05, 0.1) is 6.61 Å². The molecule has 1 N–H and O–H groups in total. The van der Waals surface area contributed by atoms with E-state index >= 15 is 0 Å². The minimum Gasteiger partial charge on any atom is -0.466 e. The van der Waals surface area contributed by atoms with Crippen LogP contribution in [0.4, 0.5) is 4.79 Å². The van der Waals surface area contributed by atoms with Crippen molar-refractivity contribution >= 4 is 18.0 Å². The van der Waals surface area contributed by atoms with Gasteiger partial charge in [0.1, 0.15) is 12.7 Å². The molecule has 0 saturated carbocycles. The quantitative estimate of drug-likeness (QED) is 0.0368. The number of carbonyl (C=O) groups is 3. The van der Waals surface area contributed by atoms with E-state index in [2.05, 4.69) is 31.0 Å². The zero-order valence-electron chi connectivity index (χ0n) is 39.2. The fourth-order valence-corrected chi connectivity index (χ4v) is 7.43. The summed E-state index contributed by atoms with van der Waals surface area (Å²) in [6.07, 6.45) is 37.4. The highest BCUT2D eigenvalue weighted by Gasteiger charge is 2.15. The van der Waals surface area contributed by atoms with Crippen LogP contribution in [0, 0.1) is 0 Å². The van der Waals surface area contributed by atoms with Crippen LogP contribution < -0.4 is 5.32 Å². The SMILES string of the molecule is CCCCCCCCCCCOC(=O)CCCCCN(CCCCCCCC(=O)OC(CCCCCCCC)CCCCCCCC)CCOC(=O)NCCN(C)C. The van der Waals surface area contributed by atoms with E-state index in [9.17, 15) is 14.4 Å². The van der Waals surface area contributed by atoms with Gasteiger partial charge < -0.3 is 24.4 Å². The normalized spacial score (nSPS) is 11.5. The molecule has 0 spiro atoms. The molecular formula is C49H97N3O6. The van der Waals surface area contributed by atoms with Gasteiger partial charge in [-0.1, -0.05) is 162 Å². The van der Waals surface area contributed by atoms with Crippen LogP contribution in [0.3, 0.4) is 0 Å². The van der Waals surface area contributed by atoms with Gasteiger partial charge in [0, 0.05) is 32.5 Å². The number of nitrogens with zero attached hydrogens (tertiary/aromatic N) is 2. The van der Waals surface area contributed by atoms with Crippen molar-refractivity contribution in [2.75, 3.05) is 60.0 Å². The second-order valence-electron chi connectivity index (χ2n) is 17.3. The summed E-state index contributed by atoms with van der Waals surface area (Å²) in [6.45, 7) is 11.6. The number of alkyl carbamates (subject to hydrolysis) is 1. The molecule has 9 nitrogen and oxygen atoms in total. The first kappa shape index (κ1) is 56.1. The maximum atomic E-state index is 12.8. The molecule has 344 valence electrons. The predicted molar refractivity (Wildman–Crippen MR) is 245 cm³/mol. The van der Waals surface area contributed by atoms with Crippen LogP contribution >= 0.6 is 0 Å². The molecule has 0 aromatic carbocycles. The van der Waals surface area contributed by atoms with E-state index in [1.807, 2.05) is 19.0 Å². The van der Waals surface area contributed by atoms with Crippen molar-refractivity contribution in [3.63, 3.8) is 0 Å². The Kier molecular flexibility index (Phi) is 43.2. The number of amides is 1. The zero-order chi connectivity index (χ0) is 42.6. The Balaban J connectivity index is 4.46. The van der Waals surface area contributed by atoms with E-state index < -0.39 is 0 Å². The number of hydrogen-bond donors (Lipinski definition) is 1. The Bertz CT molecular complexity index is 888. The highest BCUT2D eigenvalue weighted by atomic mass is 16.6. The largest absolute Gasteiger partial charge is 0.466 e. The maximum absolute atomic E-state index is 12.8. The third kappa shape index (κ3) is 42.3. The van der Waals surface area contributed by atoms with Crippen LogP contribution in [-0.4, -0.2) is 94.0 Å². The average molecular weight is 824 g/mol. The monoisotopic (exact) mass is 824 g/mol. The van der Waals surface area contributed by atoms with Crippen molar-refractivity contribution in [3.05, 3.63) is 0 Å². The number of rotatable bonds is 45. The first-order valence-electron chi connectivity index (χ1n) is 24.9. The lowest BCUT2D eigenvalue weighted by atomic mass is 10.0. The van der Waals surface area contributed by atoms with Crippen LogP contribution in [0.5, 0.6) is 0 Å². The summed E-state index contributed by atoms with van der Waals surface area (Å²) >= 11 is 0. The number of esters is 2. The predicted octanol–water partition coefficient (Wildman–Crippen LogP) is 13.0. The van der Waals surface area contributed by atoms with E-state index in [-0.39, 0.29) is 24.1 Å². The van der Waals surface area contributed by atoms with E-state index in [1.165, 1.54) is 122 Å². The van der Waals surface area contributed by atoms with E-state index in [1.54, 1.807) is 0 Å². The van der Waals surface area contributed by atoms with Gasteiger partial charge in [-0.25, -0.2) is 4.79 Å². The van der Waals surface area contributed by atoms with Gasteiger partial charge in [-0.05, 0) is 85.0 Å². The Hall–Kier alpha value is -1.87. The lowest BCUT2D eigenvalue weighted by Gasteiger charge is -2.22. The first-order chi connectivity index (χ1) is 28.3. The standard InChI is InChI=1S/C49H97N3O6/c1-6-9-12-15-18-19-20-26-34-44-56-47(53)37-31-27-33-41-52(43-45-57-49(55)50-39-42-51(4)5)40-32-25-21-24-30-38-48(54)58-46(35-28-22-16-13-10-7-2)36-29-23-17-14-11-8-3/h46H,6-45H2,1-5H3,(H,50,55). The number of carbonyl (C=O) groups excluding carboxylic acids is 3. The zero-order valence-corrected chi connectivity index (χ0v) is 39.2. The van der Waals surface area contributed by atoms with Crippen molar-refractivity contribution in [2.24, 2.45) is 0 Å². The van der Waals surface area contributed by atoms with Gasteiger partial charge in [0.2, 0.25) is 0 Å². The number of hydrogen-bond acceptors (Lipinski definition) is 8. The third-order valence-corrected chi connectivity index (χ3v) is 11.2. The Morgan fingerprint density at radius 1 is 0.448 bits per heavy atom. The second-order valence-corrected chi connectivity index (χ2v) is 17.3. The first-order valence-corrected chi connectivity index (χ1v) is 24.9. The van der Waals surface area contributed by atoms with Gasteiger partial charge in [-0.2, -0.15) is 0 Å². The molecule has 0 aromatic rings. The van der Waals surface area contributed by atoms with Crippen LogP contribution in [0.15, 0.2) is 0 Å². The van der Waals surface area contributed by atoms with Crippen molar-refractivity contribution in [1.82, 2.24) is 15.1 Å². The van der Waals surface area contributed by atoms with Gasteiger partial charge in [-0.3, -0.25) is 14.5 Å². The van der Waals surface area contributed by atoms with Crippen molar-refractivity contribution in [2.45, 2.75) is 239 Å². The smallest absolute Gasteiger partial charge is 0.407 e. The topological polar surface area (TPSA) is 97.4 Å². The van der Waals surface area contributed by atoms with Gasteiger partial charge in [0.15, 0.2) is 0 Å². The Morgan fingerprint density at radius 3 is 1.40 bits per heavy atom. The summed E-state index contributed by atoms with van der Waals surface area (Å²) in [4.78, 5) is 41.7. The summed E-state index contributed by atoms with van der Waals surface area (Å²) in [7, 11) is 3.96. The molecule has 0 saturated heterocycles. The minimum absolute atomic E-state index is 0.00837. The molecule has 0 aliphatic rings. The molecule has 0 heterocycles. The summed E-state index contributed by atoms with van der Waals surface area (Å²) in [5.74, 6) is -0.0783.